The van der Waals surface area contributed by atoms with E-state index in [9.17, 15) is 24.3 Å². The number of nitrogens with one attached hydrogen (secondary N) is 1. The van der Waals surface area contributed by atoms with Gasteiger partial charge < -0.3 is 14.6 Å². The van der Waals surface area contributed by atoms with Crippen LogP contribution in [0, 0.1) is 11.8 Å². The number of imide groups is 1. The molecule has 3 aromatic carbocycles. The summed E-state index contributed by atoms with van der Waals surface area (Å²) in [4.78, 5) is 53.9. The van der Waals surface area contributed by atoms with Gasteiger partial charge in [0.1, 0.15) is 18.8 Å². The quantitative estimate of drug-likeness (QED) is 0.371. The minimum Gasteiger partial charge on any atom is -0.486 e. The number of ether oxygens (including phenoxy) is 2. The van der Waals surface area contributed by atoms with Gasteiger partial charge in [-0.25, -0.2) is 4.90 Å². The number of amides is 2. The Hall–Kier alpha value is -4.50. The van der Waals surface area contributed by atoms with Crippen molar-refractivity contribution in [3.63, 3.8) is 0 Å². The van der Waals surface area contributed by atoms with Crippen LogP contribution in [0.25, 0.3) is 0 Å². The molecule has 3 aliphatic rings. The molecule has 198 valence electrons. The Kier molecular flexibility index (Phi) is 5.95. The van der Waals surface area contributed by atoms with Crippen LogP contribution in [0.4, 0.5) is 5.69 Å². The molecular formula is C30H26N2O7. The lowest BCUT2D eigenvalue weighted by Crippen LogP contribution is -2.57. The largest absolute Gasteiger partial charge is 0.486 e. The number of benzene rings is 3. The highest BCUT2D eigenvalue weighted by Crippen LogP contribution is 2.51. The van der Waals surface area contributed by atoms with Crippen LogP contribution in [-0.2, 0) is 20.8 Å². The van der Waals surface area contributed by atoms with Gasteiger partial charge in [-0.2, -0.15) is 0 Å². The molecule has 0 aromatic heterocycles. The Balaban J connectivity index is 1.47. The van der Waals surface area contributed by atoms with E-state index >= 15 is 0 Å². The van der Waals surface area contributed by atoms with Crippen molar-refractivity contribution < 1.29 is 33.8 Å². The second kappa shape index (κ2) is 9.36. The molecule has 0 aliphatic carbocycles. The van der Waals surface area contributed by atoms with Gasteiger partial charge in [-0.15, -0.1) is 0 Å². The average molecular weight is 527 g/mol. The molecule has 2 fully saturated rings. The van der Waals surface area contributed by atoms with Crippen LogP contribution < -0.4 is 19.7 Å². The monoisotopic (exact) mass is 526 g/mol. The number of anilines is 1. The van der Waals surface area contributed by atoms with Gasteiger partial charge in [-0.1, -0.05) is 36.4 Å². The third-order valence-electron chi connectivity index (χ3n) is 7.82. The highest BCUT2D eigenvalue weighted by Gasteiger charge is 2.68. The van der Waals surface area contributed by atoms with Gasteiger partial charge in [-0.05, 0) is 54.4 Å². The van der Waals surface area contributed by atoms with Crippen LogP contribution >= 0.6 is 0 Å². The zero-order valence-electron chi connectivity index (χ0n) is 21.1. The molecule has 4 unspecified atom stereocenters. The molecule has 9 heteroatoms. The zero-order valence-corrected chi connectivity index (χ0v) is 21.1. The molecule has 3 aromatic rings. The molecule has 3 aliphatic heterocycles. The maximum atomic E-state index is 14.0. The number of aliphatic carboxylic acids is 1. The minimum atomic E-state index is -1.75. The minimum absolute atomic E-state index is 0.00151. The standard InChI is InChI=1S/C30H26N2O7/c1-17(33)19-7-10-21(11-8-19)32-27(34)24-25(28(32)35)30(29(36)37,16-18-5-3-2-4-6-18)31-26(24)20-9-12-22-23(15-20)39-14-13-38-22/h2-12,15,24-26,31H,13-14,16H2,1H3,(H,36,37). The van der Waals surface area contributed by atoms with Crippen molar-refractivity contribution in [2.45, 2.75) is 24.9 Å². The molecule has 3 heterocycles. The van der Waals surface area contributed by atoms with E-state index in [2.05, 4.69) is 5.32 Å². The van der Waals surface area contributed by atoms with Crippen molar-refractivity contribution in [3.05, 3.63) is 89.5 Å². The number of fused-ring (bicyclic) bond motifs is 2. The van der Waals surface area contributed by atoms with Gasteiger partial charge in [0.15, 0.2) is 17.3 Å². The molecule has 2 amide bonds. The van der Waals surface area contributed by atoms with E-state index in [4.69, 9.17) is 9.47 Å². The van der Waals surface area contributed by atoms with E-state index in [1.165, 1.54) is 6.92 Å². The Morgan fingerprint density at radius 1 is 0.949 bits per heavy atom. The number of ketones is 1. The number of carboxylic acids is 1. The number of carboxylic acid groups (broad SMARTS) is 1. The van der Waals surface area contributed by atoms with Crippen LogP contribution in [0.1, 0.15) is 34.5 Å². The molecule has 4 atom stereocenters. The van der Waals surface area contributed by atoms with Gasteiger partial charge in [0.2, 0.25) is 11.8 Å². The summed E-state index contributed by atoms with van der Waals surface area (Å²) in [5, 5.41) is 13.9. The van der Waals surface area contributed by atoms with Crippen molar-refractivity contribution >= 4 is 29.3 Å². The van der Waals surface area contributed by atoms with Gasteiger partial charge >= 0.3 is 5.97 Å². The number of carbonyl (C=O) groups excluding carboxylic acids is 3. The maximum Gasteiger partial charge on any atom is 0.325 e. The predicted molar refractivity (Wildman–Crippen MR) is 140 cm³/mol. The highest BCUT2D eigenvalue weighted by molar-refractivity contribution is 6.24. The first-order chi connectivity index (χ1) is 18.8. The van der Waals surface area contributed by atoms with Crippen molar-refractivity contribution in [2.75, 3.05) is 18.1 Å². The highest BCUT2D eigenvalue weighted by atomic mass is 16.6. The molecule has 6 rings (SSSR count). The number of hydrogen-bond acceptors (Lipinski definition) is 7. The number of hydrogen-bond donors (Lipinski definition) is 2. The molecule has 0 saturated carbocycles. The Morgan fingerprint density at radius 2 is 1.64 bits per heavy atom. The fraction of sp³-hybridized carbons (Fsp3) is 0.267. The molecular weight excluding hydrogens is 500 g/mol. The second-order valence-corrected chi connectivity index (χ2v) is 10.1. The summed E-state index contributed by atoms with van der Waals surface area (Å²) in [5.74, 6) is -3.53. The van der Waals surface area contributed by atoms with Crippen molar-refractivity contribution in [1.82, 2.24) is 5.32 Å². The van der Waals surface area contributed by atoms with Crippen LogP contribution in [-0.4, -0.2) is 47.4 Å². The molecule has 39 heavy (non-hydrogen) atoms. The van der Waals surface area contributed by atoms with Crippen LogP contribution in [0.5, 0.6) is 11.5 Å². The third kappa shape index (κ3) is 3.97. The normalized spacial score (nSPS) is 25.5. The lowest BCUT2D eigenvalue weighted by Gasteiger charge is -2.31. The number of nitrogens with zero attached hydrogens (tertiary/aromatic N) is 1. The summed E-state index contributed by atoms with van der Waals surface area (Å²) >= 11 is 0. The fourth-order valence-corrected chi connectivity index (χ4v) is 6.00. The van der Waals surface area contributed by atoms with E-state index < -0.39 is 41.2 Å². The summed E-state index contributed by atoms with van der Waals surface area (Å²) in [6.45, 7) is 2.22. The summed E-state index contributed by atoms with van der Waals surface area (Å²) in [6, 6.07) is 19.7. The van der Waals surface area contributed by atoms with Gasteiger partial charge in [0.05, 0.1) is 17.5 Å². The molecule has 0 spiro atoms. The van der Waals surface area contributed by atoms with Crippen molar-refractivity contribution in [3.8, 4) is 11.5 Å². The summed E-state index contributed by atoms with van der Waals surface area (Å²) in [7, 11) is 0. The average Bonchev–Trinajstić information content (AvgIpc) is 3.42. The number of rotatable bonds is 6. The van der Waals surface area contributed by atoms with Crippen LogP contribution in [0.3, 0.4) is 0 Å². The zero-order chi connectivity index (χ0) is 27.3. The first kappa shape index (κ1) is 24.8. The van der Waals surface area contributed by atoms with Gasteiger partial charge in [-0.3, -0.25) is 24.5 Å². The van der Waals surface area contributed by atoms with Gasteiger partial charge in [0, 0.05) is 18.0 Å². The number of carbonyl (C=O) groups is 4. The number of Topliss-reactive ketones (excluding diaryl/α,β-unsaturated/α-hetero) is 1. The second-order valence-electron chi connectivity index (χ2n) is 10.1. The van der Waals surface area contributed by atoms with E-state index in [0.29, 0.717) is 41.5 Å². The Morgan fingerprint density at radius 3 is 2.31 bits per heavy atom. The SMILES string of the molecule is CC(=O)c1ccc(N2C(=O)C3C(c4ccc5c(c4)OCCO5)NC(Cc4ccccc4)(C(=O)O)C3C2=O)cc1. The topological polar surface area (TPSA) is 122 Å². The summed E-state index contributed by atoms with van der Waals surface area (Å²) in [5.41, 5.74) is 0.339. The Labute approximate surface area is 224 Å². The molecule has 2 N–H and O–H groups in total. The van der Waals surface area contributed by atoms with Gasteiger partial charge in [0.25, 0.3) is 0 Å². The molecule has 9 nitrogen and oxygen atoms in total. The Bertz CT molecular complexity index is 1490. The van der Waals surface area contributed by atoms with E-state index in [0.717, 1.165) is 10.5 Å². The summed E-state index contributed by atoms with van der Waals surface area (Å²) in [6.07, 6.45) is 0.00151. The lowest BCUT2D eigenvalue weighted by atomic mass is 9.76. The summed E-state index contributed by atoms with van der Waals surface area (Å²) < 4.78 is 11.4. The predicted octanol–water partition coefficient (Wildman–Crippen LogP) is 3.18. The molecule has 0 radical (unpaired) electrons. The van der Waals surface area contributed by atoms with Crippen LogP contribution in [0.15, 0.2) is 72.8 Å². The van der Waals surface area contributed by atoms with E-state index in [-0.39, 0.29) is 12.2 Å². The van der Waals surface area contributed by atoms with Crippen molar-refractivity contribution in [1.29, 1.82) is 0 Å². The smallest absolute Gasteiger partial charge is 0.325 e. The lowest BCUT2D eigenvalue weighted by molar-refractivity contribution is -0.148. The van der Waals surface area contributed by atoms with E-state index in [1.54, 1.807) is 66.7 Å². The first-order valence-electron chi connectivity index (χ1n) is 12.7. The molecule has 2 saturated heterocycles. The van der Waals surface area contributed by atoms with E-state index in [1.807, 2.05) is 6.07 Å². The molecule has 0 bridgehead atoms. The first-order valence-corrected chi connectivity index (χ1v) is 12.7. The maximum absolute atomic E-state index is 14.0. The fourth-order valence-electron chi connectivity index (χ4n) is 6.00. The van der Waals surface area contributed by atoms with Crippen LogP contribution in [0.2, 0.25) is 0 Å². The third-order valence-corrected chi connectivity index (χ3v) is 7.82. The van der Waals surface area contributed by atoms with Crippen molar-refractivity contribution in [2.24, 2.45) is 11.8 Å².